The molecule has 1 aliphatic rings. The summed E-state index contributed by atoms with van der Waals surface area (Å²) in [6.45, 7) is 4.72. The molecule has 8 aromatic rings. The largest absolute Gasteiger partial charge is 0.228 e. The number of benzene rings is 7. The number of hydrogen-bond donors (Lipinski definition) is 0. The number of rotatable bonds is 5. The molecule has 1 aromatic heterocycles. The molecule has 2 nitrogen and oxygen atoms in total. The zero-order valence-electron chi connectivity index (χ0n) is 27.6. The van der Waals surface area contributed by atoms with Crippen LogP contribution in [0.4, 0.5) is 0 Å². The van der Waals surface area contributed by atoms with E-state index in [1.807, 2.05) is 24.3 Å². The van der Waals surface area contributed by atoms with Crippen LogP contribution in [0, 0.1) is 0 Å². The van der Waals surface area contributed by atoms with Crippen LogP contribution in [0.15, 0.2) is 170 Å². The minimum Gasteiger partial charge on any atom is -0.228 e. The normalized spacial score (nSPS) is 12.9. The number of hydrogen-bond acceptors (Lipinski definition) is 2. The van der Waals surface area contributed by atoms with Crippen LogP contribution in [0.3, 0.4) is 0 Å². The lowest BCUT2D eigenvalue weighted by Crippen LogP contribution is -2.14. The van der Waals surface area contributed by atoms with E-state index < -0.39 is 0 Å². The molecule has 0 aliphatic heterocycles. The minimum absolute atomic E-state index is 0.0780. The Morgan fingerprint density at radius 2 is 0.898 bits per heavy atom. The molecule has 1 aliphatic carbocycles. The predicted octanol–water partition coefficient (Wildman–Crippen LogP) is 12.3. The van der Waals surface area contributed by atoms with Gasteiger partial charge in [0, 0.05) is 22.1 Å². The second-order valence-electron chi connectivity index (χ2n) is 13.5. The van der Waals surface area contributed by atoms with E-state index in [2.05, 4.69) is 159 Å². The van der Waals surface area contributed by atoms with Crippen LogP contribution in [-0.2, 0) is 5.41 Å². The van der Waals surface area contributed by atoms with E-state index in [1.165, 1.54) is 49.7 Å². The van der Waals surface area contributed by atoms with E-state index in [0.717, 1.165) is 39.5 Å². The Morgan fingerprint density at radius 1 is 0.367 bits per heavy atom. The van der Waals surface area contributed by atoms with E-state index in [9.17, 15) is 0 Å². The summed E-state index contributed by atoms with van der Waals surface area (Å²) < 4.78 is 0. The van der Waals surface area contributed by atoms with Gasteiger partial charge < -0.3 is 0 Å². The van der Waals surface area contributed by atoms with Crippen molar-refractivity contribution in [2.45, 2.75) is 19.3 Å². The molecule has 2 heteroatoms. The first-order chi connectivity index (χ1) is 24.0. The summed E-state index contributed by atoms with van der Waals surface area (Å²) in [4.78, 5) is 10.1. The topological polar surface area (TPSA) is 25.8 Å². The Balaban J connectivity index is 1.15. The standard InChI is InChI=1S/C47H34N2/c1-47(2)41-25-13-24-39(45(41)40-28-35-18-9-10-19-36(35)29-42(40)47)37-22-11-20-33(26-37)34-21-12-23-38(27-34)44-30-43(31-14-5-3-6-15-31)48-46(49-44)32-16-7-4-8-17-32/h3-30H,1-2H3. The molecule has 0 saturated carbocycles. The molecule has 0 unspecified atom stereocenters. The first kappa shape index (κ1) is 29.1. The molecule has 0 amide bonds. The molecule has 0 radical (unpaired) electrons. The van der Waals surface area contributed by atoms with Gasteiger partial charge >= 0.3 is 0 Å². The van der Waals surface area contributed by atoms with Gasteiger partial charge in [0.15, 0.2) is 5.82 Å². The molecule has 0 atom stereocenters. The summed E-state index contributed by atoms with van der Waals surface area (Å²) in [7, 11) is 0. The lowest BCUT2D eigenvalue weighted by Gasteiger charge is -2.22. The molecular formula is C47H34N2. The van der Waals surface area contributed by atoms with Crippen molar-refractivity contribution in [2.24, 2.45) is 0 Å². The SMILES string of the molecule is CC1(C)c2cc3ccccc3cc2-c2c(-c3cccc(-c4cccc(-c5cc(-c6ccccc6)nc(-c6ccccc6)n5)c4)c3)cccc21. The smallest absolute Gasteiger partial charge is 0.160 e. The molecule has 0 spiro atoms. The van der Waals surface area contributed by atoms with Gasteiger partial charge in [0.05, 0.1) is 11.4 Å². The van der Waals surface area contributed by atoms with Crippen molar-refractivity contribution in [2.75, 3.05) is 0 Å². The zero-order chi connectivity index (χ0) is 33.0. The van der Waals surface area contributed by atoms with Crippen LogP contribution in [0.25, 0.3) is 78.1 Å². The molecule has 49 heavy (non-hydrogen) atoms. The third-order valence-corrected chi connectivity index (χ3v) is 10.1. The monoisotopic (exact) mass is 626 g/mol. The highest BCUT2D eigenvalue weighted by atomic mass is 14.9. The van der Waals surface area contributed by atoms with Crippen molar-refractivity contribution < 1.29 is 0 Å². The van der Waals surface area contributed by atoms with Crippen molar-refractivity contribution in [1.29, 1.82) is 0 Å². The van der Waals surface area contributed by atoms with Crippen LogP contribution in [0.2, 0.25) is 0 Å². The molecular weight excluding hydrogens is 593 g/mol. The first-order valence-corrected chi connectivity index (χ1v) is 16.9. The van der Waals surface area contributed by atoms with Crippen LogP contribution >= 0.6 is 0 Å². The number of fused-ring (bicyclic) bond motifs is 4. The second kappa shape index (κ2) is 11.5. The lowest BCUT2D eigenvalue weighted by molar-refractivity contribution is 0.661. The molecule has 0 N–H and O–H groups in total. The Morgan fingerprint density at radius 3 is 1.61 bits per heavy atom. The van der Waals surface area contributed by atoms with Gasteiger partial charge in [0.2, 0.25) is 0 Å². The highest BCUT2D eigenvalue weighted by Gasteiger charge is 2.37. The van der Waals surface area contributed by atoms with E-state index >= 15 is 0 Å². The zero-order valence-corrected chi connectivity index (χ0v) is 27.6. The highest BCUT2D eigenvalue weighted by Crippen LogP contribution is 2.53. The van der Waals surface area contributed by atoms with Gasteiger partial charge in [-0.25, -0.2) is 9.97 Å². The van der Waals surface area contributed by atoms with Gasteiger partial charge in [-0.3, -0.25) is 0 Å². The number of nitrogens with zero attached hydrogens (tertiary/aromatic N) is 2. The fraction of sp³-hybridized carbons (Fsp3) is 0.0638. The fourth-order valence-electron chi connectivity index (χ4n) is 7.51. The maximum Gasteiger partial charge on any atom is 0.160 e. The van der Waals surface area contributed by atoms with E-state index in [1.54, 1.807) is 0 Å². The van der Waals surface area contributed by atoms with Gasteiger partial charge in [0.1, 0.15) is 0 Å². The summed E-state index contributed by atoms with van der Waals surface area (Å²) in [5, 5.41) is 2.57. The number of aromatic nitrogens is 2. The van der Waals surface area contributed by atoms with Gasteiger partial charge in [-0.15, -0.1) is 0 Å². The maximum atomic E-state index is 5.08. The molecule has 232 valence electrons. The maximum absolute atomic E-state index is 5.08. The molecule has 0 saturated heterocycles. The molecule has 9 rings (SSSR count). The van der Waals surface area contributed by atoms with Crippen LogP contribution in [-0.4, -0.2) is 9.97 Å². The lowest BCUT2D eigenvalue weighted by atomic mass is 9.81. The Hall–Kier alpha value is -6.12. The third kappa shape index (κ3) is 5.05. The third-order valence-electron chi connectivity index (χ3n) is 10.1. The van der Waals surface area contributed by atoms with Crippen molar-refractivity contribution in [1.82, 2.24) is 9.97 Å². The van der Waals surface area contributed by atoms with Gasteiger partial charge in [-0.05, 0) is 85.6 Å². The minimum atomic E-state index is -0.0780. The summed E-state index contributed by atoms with van der Waals surface area (Å²) in [5.74, 6) is 0.721. The molecule has 0 bridgehead atoms. The summed E-state index contributed by atoms with van der Waals surface area (Å²) >= 11 is 0. The van der Waals surface area contributed by atoms with Crippen molar-refractivity contribution in [3.8, 4) is 67.3 Å². The van der Waals surface area contributed by atoms with Crippen molar-refractivity contribution in [3.05, 3.63) is 181 Å². The van der Waals surface area contributed by atoms with Gasteiger partial charge in [-0.1, -0.05) is 153 Å². The second-order valence-corrected chi connectivity index (χ2v) is 13.5. The van der Waals surface area contributed by atoms with E-state index in [-0.39, 0.29) is 5.41 Å². The Labute approximate surface area is 287 Å². The molecule has 1 heterocycles. The average molecular weight is 627 g/mol. The first-order valence-electron chi connectivity index (χ1n) is 16.9. The summed E-state index contributed by atoms with van der Waals surface area (Å²) in [5.41, 5.74) is 15.1. The predicted molar refractivity (Wildman–Crippen MR) is 204 cm³/mol. The Bertz CT molecular complexity index is 2450. The molecule has 0 fully saturated rings. The average Bonchev–Trinajstić information content (AvgIpc) is 3.39. The fourth-order valence-corrected chi connectivity index (χ4v) is 7.51. The van der Waals surface area contributed by atoms with Gasteiger partial charge in [-0.2, -0.15) is 0 Å². The summed E-state index contributed by atoms with van der Waals surface area (Å²) in [6, 6.07) is 60.7. The quantitative estimate of drug-likeness (QED) is 0.190. The van der Waals surface area contributed by atoms with Crippen LogP contribution < -0.4 is 0 Å². The van der Waals surface area contributed by atoms with Crippen molar-refractivity contribution >= 4 is 10.8 Å². The van der Waals surface area contributed by atoms with Crippen LogP contribution in [0.1, 0.15) is 25.0 Å². The van der Waals surface area contributed by atoms with E-state index in [4.69, 9.17) is 9.97 Å². The van der Waals surface area contributed by atoms with Crippen LogP contribution in [0.5, 0.6) is 0 Å². The van der Waals surface area contributed by atoms with Crippen molar-refractivity contribution in [3.63, 3.8) is 0 Å². The highest BCUT2D eigenvalue weighted by molar-refractivity contribution is 5.99. The van der Waals surface area contributed by atoms with E-state index in [0.29, 0.717) is 0 Å². The van der Waals surface area contributed by atoms with Gasteiger partial charge in [0.25, 0.3) is 0 Å². The summed E-state index contributed by atoms with van der Waals surface area (Å²) in [6.07, 6.45) is 0. The Kier molecular flexibility index (Phi) is 6.84. The molecule has 7 aromatic carbocycles.